The van der Waals surface area contributed by atoms with Crippen molar-refractivity contribution in [2.24, 2.45) is 17.8 Å². The van der Waals surface area contributed by atoms with Gasteiger partial charge in [-0.1, -0.05) is 13.8 Å². The van der Waals surface area contributed by atoms with Gasteiger partial charge in [-0.05, 0) is 30.6 Å². The summed E-state index contributed by atoms with van der Waals surface area (Å²) in [7, 11) is 0. The highest BCUT2D eigenvalue weighted by Gasteiger charge is 2.27. The van der Waals surface area contributed by atoms with Crippen molar-refractivity contribution >= 4 is 0 Å². The fraction of sp³-hybridized carbons (Fsp3) is 1.00. The number of rotatable bonds is 1. The first-order valence-electron chi connectivity index (χ1n) is 3.85. The first kappa shape index (κ1) is 7.07. The lowest BCUT2D eigenvalue weighted by Gasteiger charge is -2.09. The monoisotopic (exact) mass is 128 g/mol. The highest BCUT2D eigenvalue weighted by Crippen LogP contribution is 2.34. The molecule has 3 atom stereocenters. The van der Waals surface area contributed by atoms with Crippen molar-refractivity contribution in [3.05, 3.63) is 0 Å². The van der Waals surface area contributed by atoms with Gasteiger partial charge in [-0.3, -0.25) is 0 Å². The Hall–Kier alpha value is -0.0400. The van der Waals surface area contributed by atoms with Crippen molar-refractivity contribution in [3.8, 4) is 0 Å². The first-order valence-corrected chi connectivity index (χ1v) is 3.85. The molecule has 0 aromatic rings. The molecule has 1 nitrogen and oxygen atoms in total. The lowest BCUT2D eigenvalue weighted by molar-refractivity contribution is 0.200. The van der Waals surface area contributed by atoms with Gasteiger partial charge in [-0.2, -0.15) is 0 Å². The normalized spacial score (nSPS) is 43.7. The Balaban J connectivity index is 2.38. The Labute approximate surface area is 57.1 Å². The highest BCUT2D eigenvalue weighted by atomic mass is 16.3. The van der Waals surface area contributed by atoms with E-state index in [1.54, 1.807) is 0 Å². The standard InChI is InChI=1S/C8H16O/c1-6-3-7(2)8(4-6)5-9/h6-9H,3-5H2,1-2H3/t6-,7+,8+/m1/s1. The predicted molar refractivity (Wildman–Crippen MR) is 38.1 cm³/mol. The number of aliphatic hydroxyl groups excluding tert-OH is 1. The topological polar surface area (TPSA) is 20.2 Å². The van der Waals surface area contributed by atoms with Crippen LogP contribution >= 0.6 is 0 Å². The van der Waals surface area contributed by atoms with Crippen LogP contribution in [-0.4, -0.2) is 11.7 Å². The van der Waals surface area contributed by atoms with Crippen LogP contribution in [0.4, 0.5) is 0 Å². The molecule has 1 aliphatic rings. The Morgan fingerprint density at radius 3 is 2.22 bits per heavy atom. The zero-order valence-corrected chi connectivity index (χ0v) is 6.30. The van der Waals surface area contributed by atoms with E-state index >= 15 is 0 Å². The zero-order valence-electron chi connectivity index (χ0n) is 6.30. The van der Waals surface area contributed by atoms with Gasteiger partial charge in [0.1, 0.15) is 0 Å². The lowest BCUT2D eigenvalue weighted by Crippen LogP contribution is -2.07. The molecule has 1 fully saturated rings. The molecule has 1 saturated carbocycles. The van der Waals surface area contributed by atoms with E-state index in [4.69, 9.17) is 5.11 Å². The molecule has 0 unspecified atom stereocenters. The van der Waals surface area contributed by atoms with E-state index in [0.29, 0.717) is 12.5 Å². The van der Waals surface area contributed by atoms with E-state index in [-0.39, 0.29) is 0 Å². The van der Waals surface area contributed by atoms with Crippen LogP contribution in [0.3, 0.4) is 0 Å². The Morgan fingerprint density at radius 1 is 1.33 bits per heavy atom. The van der Waals surface area contributed by atoms with Gasteiger partial charge in [0.15, 0.2) is 0 Å². The van der Waals surface area contributed by atoms with Crippen LogP contribution in [0.5, 0.6) is 0 Å². The summed E-state index contributed by atoms with van der Waals surface area (Å²) in [4.78, 5) is 0. The second kappa shape index (κ2) is 2.70. The van der Waals surface area contributed by atoms with Gasteiger partial charge in [0.05, 0.1) is 0 Å². The van der Waals surface area contributed by atoms with Gasteiger partial charge in [-0.15, -0.1) is 0 Å². The van der Waals surface area contributed by atoms with Gasteiger partial charge in [0.25, 0.3) is 0 Å². The van der Waals surface area contributed by atoms with Gasteiger partial charge in [0.2, 0.25) is 0 Å². The largest absolute Gasteiger partial charge is 0.396 e. The molecule has 9 heavy (non-hydrogen) atoms. The molecule has 54 valence electrons. The van der Waals surface area contributed by atoms with Gasteiger partial charge in [0, 0.05) is 6.61 Å². The maximum Gasteiger partial charge on any atom is 0.0461 e. The average molecular weight is 128 g/mol. The summed E-state index contributed by atoms with van der Waals surface area (Å²) < 4.78 is 0. The van der Waals surface area contributed by atoms with Crippen LogP contribution in [0.15, 0.2) is 0 Å². The molecule has 0 saturated heterocycles. The third-order valence-electron chi connectivity index (χ3n) is 2.52. The SMILES string of the molecule is C[C@H]1C[C@@H](CO)[C@@H](C)C1. The second-order valence-corrected chi connectivity index (χ2v) is 3.50. The maximum atomic E-state index is 8.85. The molecule has 0 aromatic carbocycles. The minimum absolute atomic E-state index is 0.394. The lowest BCUT2D eigenvalue weighted by atomic mass is 10.00. The third kappa shape index (κ3) is 1.45. The minimum atomic E-state index is 0.394. The minimum Gasteiger partial charge on any atom is -0.396 e. The predicted octanol–water partition coefficient (Wildman–Crippen LogP) is 1.66. The van der Waals surface area contributed by atoms with Crippen molar-refractivity contribution in [2.45, 2.75) is 26.7 Å². The smallest absolute Gasteiger partial charge is 0.0461 e. The molecule has 1 N–H and O–H groups in total. The van der Waals surface area contributed by atoms with Crippen LogP contribution in [0, 0.1) is 17.8 Å². The molecule has 0 aromatic heterocycles. The summed E-state index contributed by atoms with van der Waals surface area (Å²) >= 11 is 0. The summed E-state index contributed by atoms with van der Waals surface area (Å²) in [5, 5.41) is 8.85. The second-order valence-electron chi connectivity index (χ2n) is 3.50. The quantitative estimate of drug-likeness (QED) is 0.569. The summed E-state index contributed by atoms with van der Waals surface area (Å²) in [5.74, 6) is 2.20. The van der Waals surface area contributed by atoms with Gasteiger partial charge in [-0.25, -0.2) is 0 Å². The van der Waals surface area contributed by atoms with Crippen molar-refractivity contribution < 1.29 is 5.11 Å². The molecule has 0 spiro atoms. The molecular weight excluding hydrogens is 112 g/mol. The summed E-state index contributed by atoms with van der Waals surface area (Å²) in [6.07, 6.45) is 2.54. The van der Waals surface area contributed by atoms with Crippen molar-refractivity contribution in [1.82, 2.24) is 0 Å². The van der Waals surface area contributed by atoms with Crippen LogP contribution in [0.1, 0.15) is 26.7 Å². The molecule has 1 aliphatic carbocycles. The molecule has 0 radical (unpaired) electrons. The number of aliphatic hydroxyl groups is 1. The van der Waals surface area contributed by atoms with Crippen molar-refractivity contribution in [3.63, 3.8) is 0 Å². The van der Waals surface area contributed by atoms with E-state index in [1.807, 2.05) is 0 Å². The van der Waals surface area contributed by atoms with Crippen LogP contribution in [0.25, 0.3) is 0 Å². The zero-order chi connectivity index (χ0) is 6.85. The maximum absolute atomic E-state index is 8.85. The van der Waals surface area contributed by atoms with E-state index < -0.39 is 0 Å². The van der Waals surface area contributed by atoms with Crippen LogP contribution < -0.4 is 0 Å². The number of hydrogen-bond acceptors (Lipinski definition) is 1. The highest BCUT2D eigenvalue weighted by molar-refractivity contribution is 4.77. The van der Waals surface area contributed by atoms with Gasteiger partial charge >= 0.3 is 0 Å². The fourth-order valence-corrected chi connectivity index (χ4v) is 1.93. The summed E-state index contributed by atoms with van der Waals surface area (Å²) in [6.45, 7) is 4.90. The van der Waals surface area contributed by atoms with E-state index in [9.17, 15) is 0 Å². The van der Waals surface area contributed by atoms with Crippen LogP contribution in [0.2, 0.25) is 0 Å². The molecule has 0 bridgehead atoms. The van der Waals surface area contributed by atoms with Crippen molar-refractivity contribution in [1.29, 1.82) is 0 Å². The number of hydrogen-bond donors (Lipinski definition) is 1. The molecule has 1 heteroatoms. The first-order chi connectivity index (χ1) is 4.24. The average Bonchev–Trinajstić information content (AvgIpc) is 2.10. The molecule has 0 heterocycles. The van der Waals surface area contributed by atoms with E-state index in [2.05, 4.69) is 13.8 Å². The fourth-order valence-electron chi connectivity index (χ4n) is 1.93. The molecule has 0 amide bonds. The van der Waals surface area contributed by atoms with Gasteiger partial charge < -0.3 is 5.11 Å². The summed E-state index contributed by atoms with van der Waals surface area (Å²) in [6, 6.07) is 0. The molecular formula is C8H16O. The third-order valence-corrected chi connectivity index (χ3v) is 2.52. The Bertz CT molecular complexity index is 90.6. The molecule has 1 rings (SSSR count). The van der Waals surface area contributed by atoms with E-state index in [0.717, 1.165) is 11.8 Å². The van der Waals surface area contributed by atoms with E-state index in [1.165, 1.54) is 12.8 Å². The molecule has 0 aliphatic heterocycles. The Kier molecular flexibility index (Phi) is 2.12. The Morgan fingerprint density at radius 2 is 2.00 bits per heavy atom. The summed E-state index contributed by atoms with van der Waals surface area (Å²) in [5.41, 5.74) is 0. The van der Waals surface area contributed by atoms with Crippen LogP contribution in [-0.2, 0) is 0 Å². The van der Waals surface area contributed by atoms with Crippen molar-refractivity contribution in [2.75, 3.05) is 6.61 Å².